The molecule has 0 spiro atoms. The highest BCUT2D eigenvalue weighted by Crippen LogP contribution is 2.10. The van der Waals surface area contributed by atoms with E-state index in [1.807, 2.05) is 0 Å². The first-order valence-electron chi connectivity index (χ1n) is 8.77. The van der Waals surface area contributed by atoms with Gasteiger partial charge >= 0.3 is 11.9 Å². The zero-order valence-electron chi connectivity index (χ0n) is 15.0. The molecule has 0 fully saturated rings. The molecule has 0 saturated heterocycles. The Morgan fingerprint density at radius 1 is 0.880 bits per heavy atom. The number of carboxylic acids is 2. The molecule has 0 aliphatic heterocycles. The van der Waals surface area contributed by atoms with Crippen molar-refractivity contribution in [2.24, 2.45) is 5.73 Å². The van der Waals surface area contributed by atoms with Gasteiger partial charge in [0.1, 0.15) is 0 Å². The van der Waals surface area contributed by atoms with Crippen LogP contribution in [0.1, 0.15) is 77.6 Å². The summed E-state index contributed by atoms with van der Waals surface area (Å²) in [6, 6.07) is 0. The summed E-state index contributed by atoms with van der Waals surface area (Å²) in [6.45, 7) is 3.14. The van der Waals surface area contributed by atoms with Gasteiger partial charge in [-0.2, -0.15) is 8.42 Å². The van der Waals surface area contributed by atoms with Gasteiger partial charge in [-0.3, -0.25) is 14.1 Å². The van der Waals surface area contributed by atoms with Crippen LogP contribution in [0.2, 0.25) is 0 Å². The van der Waals surface area contributed by atoms with Crippen LogP contribution in [0.5, 0.6) is 0 Å². The molecule has 0 heterocycles. The highest BCUT2D eigenvalue weighted by molar-refractivity contribution is 7.87. The first-order chi connectivity index (χ1) is 11.7. The van der Waals surface area contributed by atoms with Gasteiger partial charge in [-0.25, -0.2) is 0 Å². The van der Waals surface area contributed by atoms with Crippen LogP contribution in [-0.4, -0.2) is 46.9 Å². The fourth-order valence-electron chi connectivity index (χ4n) is 2.11. The van der Waals surface area contributed by atoms with E-state index in [2.05, 4.69) is 6.92 Å². The lowest BCUT2D eigenvalue weighted by molar-refractivity contribution is -0.143. The molecule has 0 saturated carbocycles. The maximum absolute atomic E-state index is 10.2. The number of carboxylic acid groups (broad SMARTS) is 2. The van der Waals surface area contributed by atoms with Gasteiger partial charge in [0.05, 0.1) is 6.42 Å². The summed E-state index contributed by atoms with van der Waals surface area (Å²) in [5, 5.41) is 13.9. The molecule has 0 rings (SSSR count). The molecule has 25 heavy (non-hydrogen) atoms. The van der Waals surface area contributed by atoms with Gasteiger partial charge in [-0.1, -0.05) is 64.7 Å². The Kier molecular flexibility index (Phi) is 17.0. The number of hydrogen-bond donors (Lipinski definition) is 4. The summed E-state index contributed by atoms with van der Waals surface area (Å²) in [5.74, 6) is -3.50. The van der Waals surface area contributed by atoms with Crippen molar-refractivity contribution < 1.29 is 32.8 Å². The Balaban J connectivity index is 0. The van der Waals surface area contributed by atoms with Crippen LogP contribution >= 0.6 is 0 Å². The van der Waals surface area contributed by atoms with E-state index >= 15 is 0 Å². The van der Waals surface area contributed by atoms with E-state index in [4.69, 9.17) is 20.5 Å². The average Bonchev–Trinajstić information content (AvgIpc) is 2.50. The van der Waals surface area contributed by atoms with Crippen LogP contribution in [0.3, 0.4) is 0 Å². The van der Waals surface area contributed by atoms with Gasteiger partial charge in [0.15, 0.2) is 5.25 Å². The molecule has 0 aliphatic rings. The minimum atomic E-state index is -4.84. The number of nitrogens with two attached hydrogens (primary N) is 1. The Morgan fingerprint density at radius 3 is 1.52 bits per heavy atom. The van der Waals surface area contributed by atoms with Crippen molar-refractivity contribution >= 4 is 22.1 Å². The van der Waals surface area contributed by atoms with Gasteiger partial charge < -0.3 is 15.9 Å². The van der Waals surface area contributed by atoms with E-state index in [-0.39, 0.29) is 0 Å². The summed E-state index contributed by atoms with van der Waals surface area (Å²) >= 11 is 0. The number of carbonyl (C=O) groups is 2. The molecule has 1 atom stereocenters. The van der Waals surface area contributed by atoms with E-state index in [0.717, 1.165) is 6.54 Å². The van der Waals surface area contributed by atoms with Crippen molar-refractivity contribution in [2.75, 3.05) is 6.54 Å². The number of hydrogen-bond acceptors (Lipinski definition) is 5. The largest absolute Gasteiger partial charge is 0.481 e. The van der Waals surface area contributed by atoms with E-state index < -0.39 is 33.7 Å². The lowest BCUT2D eigenvalue weighted by Crippen LogP contribution is -2.31. The van der Waals surface area contributed by atoms with Crippen molar-refractivity contribution in [3.05, 3.63) is 0 Å². The monoisotopic (exact) mass is 383 g/mol. The molecule has 0 amide bonds. The first kappa shape index (κ1) is 26.0. The van der Waals surface area contributed by atoms with Gasteiger partial charge in [0.25, 0.3) is 10.1 Å². The molecule has 0 aromatic rings. The summed E-state index contributed by atoms with van der Waals surface area (Å²) in [4.78, 5) is 20.0. The molecule has 150 valence electrons. The molecule has 0 aromatic carbocycles. The van der Waals surface area contributed by atoms with Crippen LogP contribution in [0.4, 0.5) is 0 Å². The van der Waals surface area contributed by atoms with Crippen molar-refractivity contribution in [3.63, 3.8) is 0 Å². The molecule has 0 radical (unpaired) electrons. The highest BCUT2D eigenvalue weighted by Gasteiger charge is 2.33. The zero-order valence-corrected chi connectivity index (χ0v) is 15.8. The van der Waals surface area contributed by atoms with Gasteiger partial charge in [-0.05, 0) is 13.0 Å². The maximum atomic E-state index is 10.2. The predicted molar refractivity (Wildman–Crippen MR) is 96.1 cm³/mol. The fourth-order valence-corrected chi connectivity index (χ4v) is 2.72. The Labute approximate surface area is 150 Å². The second kappa shape index (κ2) is 16.3. The Bertz CT molecular complexity index is 441. The van der Waals surface area contributed by atoms with Crippen LogP contribution in [0.25, 0.3) is 0 Å². The minimum absolute atomic E-state index is 0.872. The SMILES string of the molecule is CCCCCCCCCCCCN.O=C(O)CC(C(=O)O)S(=O)(=O)O. The molecule has 9 heteroatoms. The van der Waals surface area contributed by atoms with E-state index in [9.17, 15) is 18.0 Å². The third-order valence-electron chi connectivity index (χ3n) is 3.55. The van der Waals surface area contributed by atoms with Crippen molar-refractivity contribution in [3.8, 4) is 0 Å². The molecule has 8 nitrogen and oxygen atoms in total. The number of rotatable bonds is 14. The molecule has 0 aliphatic carbocycles. The van der Waals surface area contributed by atoms with Crippen molar-refractivity contribution in [2.45, 2.75) is 82.8 Å². The van der Waals surface area contributed by atoms with Gasteiger partial charge in [0.2, 0.25) is 0 Å². The molecule has 5 N–H and O–H groups in total. The summed E-state index contributed by atoms with van der Waals surface area (Å²) in [7, 11) is -4.84. The summed E-state index contributed by atoms with van der Waals surface area (Å²) < 4.78 is 28.7. The van der Waals surface area contributed by atoms with Crippen LogP contribution in [0, 0.1) is 0 Å². The normalized spacial score (nSPS) is 12.1. The average molecular weight is 384 g/mol. The Hall–Kier alpha value is -1.19. The summed E-state index contributed by atoms with van der Waals surface area (Å²) in [6.07, 6.45) is 12.8. The zero-order chi connectivity index (χ0) is 19.7. The Morgan fingerprint density at radius 2 is 1.28 bits per heavy atom. The first-order valence-corrected chi connectivity index (χ1v) is 10.3. The molecule has 0 aromatic heterocycles. The maximum Gasteiger partial charge on any atom is 0.325 e. The molecule has 1 unspecified atom stereocenters. The van der Waals surface area contributed by atoms with Crippen molar-refractivity contribution in [1.82, 2.24) is 0 Å². The number of aliphatic carboxylic acids is 2. The highest BCUT2D eigenvalue weighted by atomic mass is 32.2. The molecular formula is C16H33NO7S. The molecular weight excluding hydrogens is 350 g/mol. The van der Waals surface area contributed by atoms with Gasteiger partial charge in [-0.15, -0.1) is 0 Å². The van der Waals surface area contributed by atoms with Crippen LogP contribution < -0.4 is 5.73 Å². The third-order valence-corrected chi connectivity index (χ3v) is 4.64. The third kappa shape index (κ3) is 19.0. The van der Waals surface area contributed by atoms with Gasteiger partial charge in [0, 0.05) is 0 Å². The van der Waals surface area contributed by atoms with E-state index in [1.165, 1.54) is 64.2 Å². The van der Waals surface area contributed by atoms with Crippen molar-refractivity contribution in [1.29, 1.82) is 0 Å². The smallest absolute Gasteiger partial charge is 0.325 e. The molecule has 0 bridgehead atoms. The lowest BCUT2D eigenvalue weighted by atomic mass is 10.1. The van der Waals surface area contributed by atoms with E-state index in [0.29, 0.717) is 0 Å². The lowest BCUT2D eigenvalue weighted by Gasteiger charge is -2.04. The minimum Gasteiger partial charge on any atom is -0.481 e. The van der Waals surface area contributed by atoms with E-state index in [1.54, 1.807) is 0 Å². The van der Waals surface area contributed by atoms with Crippen LogP contribution in [-0.2, 0) is 19.7 Å². The second-order valence-corrected chi connectivity index (χ2v) is 7.51. The summed E-state index contributed by atoms with van der Waals surface area (Å²) in [5.41, 5.74) is 5.42. The quantitative estimate of drug-likeness (QED) is 0.263. The number of unbranched alkanes of at least 4 members (excludes halogenated alkanes) is 9. The topological polar surface area (TPSA) is 155 Å². The fraction of sp³-hybridized carbons (Fsp3) is 0.875. The second-order valence-electron chi connectivity index (χ2n) is 5.91. The standard InChI is InChI=1S/C12H27N.C4H6O7S/c1-2-3-4-5-6-7-8-9-10-11-12-13;5-3(6)1-2(4(7)8)12(9,10)11/h2-13H2,1H3;2H,1H2,(H,5,6)(H,7,8)(H,9,10,11). The van der Waals surface area contributed by atoms with Crippen LogP contribution in [0.15, 0.2) is 0 Å². The predicted octanol–water partition coefficient (Wildman–Crippen LogP) is 2.67.